The summed E-state index contributed by atoms with van der Waals surface area (Å²) in [6.45, 7) is 5.03. The van der Waals surface area contributed by atoms with Crippen molar-refractivity contribution in [3.05, 3.63) is 24.1 Å². The first kappa shape index (κ1) is 17.5. The predicted molar refractivity (Wildman–Crippen MR) is 99.9 cm³/mol. The van der Waals surface area contributed by atoms with Crippen molar-refractivity contribution in [3.63, 3.8) is 0 Å². The fourth-order valence-electron chi connectivity index (χ4n) is 3.72. The van der Waals surface area contributed by atoms with Gasteiger partial charge in [0.15, 0.2) is 11.5 Å². The minimum absolute atomic E-state index is 0.161. The summed E-state index contributed by atoms with van der Waals surface area (Å²) in [5.74, 6) is 3.36. The van der Waals surface area contributed by atoms with Gasteiger partial charge in [0.1, 0.15) is 0 Å². The van der Waals surface area contributed by atoms with Gasteiger partial charge in [0.2, 0.25) is 24.5 Å². The second kappa shape index (κ2) is 7.43. The van der Waals surface area contributed by atoms with Gasteiger partial charge < -0.3 is 18.8 Å². The van der Waals surface area contributed by atoms with Crippen LogP contribution in [-0.4, -0.2) is 65.4 Å². The summed E-state index contributed by atoms with van der Waals surface area (Å²) >= 11 is 0. The Hall–Kier alpha value is -2.61. The van der Waals surface area contributed by atoms with Crippen LogP contribution >= 0.6 is 0 Å². The molecule has 0 unspecified atom stereocenters. The SMILES string of the molecule is O=C(CCc1nnc(-c2ccc3c(c2)OCO3)o1)N1CCN(CC2CC2)CC1. The van der Waals surface area contributed by atoms with E-state index >= 15 is 0 Å². The Morgan fingerprint density at radius 3 is 2.71 bits per heavy atom. The Morgan fingerprint density at radius 1 is 1.07 bits per heavy atom. The third kappa shape index (κ3) is 3.82. The van der Waals surface area contributed by atoms with Crippen molar-refractivity contribution in [2.45, 2.75) is 25.7 Å². The Morgan fingerprint density at radius 2 is 1.89 bits per heavy atom. The number of ether oxygens (including phenoxy) is 2. The van der Waals surface area contributed by atoms with E-state index < -0.39 is 0 Å². The fraction of sp³-hybridized carbons (Fsp3) is 0.550. The van der Waals surface area contributed by atoms with E-state index in [0.29, 0.717) is 36.1 Å². The van der Waals surface area contributed by atoms with E-state index in [1.807, 2.05) is 23.1 Å². The molecule has 1 aliphatic carbocycles. The van der Waals surface area contributed by atoms with Crippen molar-refractivity contribution in [3.8, 4) is 23.0 Å². The molecule has 1 aromatic heterocycles. The highest BCUT2D eigenvalue weighted by molar-refractivity contribution is 5.76. The van der Waals surface area contributed by atoms with Crippen molar-refractivity contribution in [2.75, 3.05) is 39.5 Å². The molecule has 1 aromatic carbocycles. The summed E-state index contributed by atoms with van der Waals surface area (Å²) in [7, 11) is 0. The molecule has 1 saturated carbocycles. The number of aromatic nitrogens is 2. The van der Waals surface area contributed by atoms with E-state index in [0.717, 1.165) is 37.7 Å². The van der Waals surface area contributed by atoms with Gasteiger partial charge in [-0.25, -0.2) is 0 Å². The van der Waals surface area contributed by atoms with E-state index in [4.69, 9.17) is 13.9 Å². The van der Waals surface area contributed by atoms with Gasteiger partial charge in [-0.2, -0.15) is 0 Å². The summed E-state index contributed by atoms with van der Waals surface area (Å²) < 4.78 is 16.4. The number of fused-ring (bicyclic) bond motifs is 1. The predicted octanol–water partition coefficient (Wildman–Crippen LogP) is 1.95. The van der Waals surface area contributed by atoms with Crippen molar-refractivity contribution in [1.29, 1.82) is 0 Å². The molecule has 0 bridgehead atoms. The Kier molecular flexibility index (Phi) is 4.64. The van der Waals surface area contributed by atoms with Gasteiger partial charge in [-0.3, -0.25) is 9.69 Å². The van der Waals surface area contributed by atoms with Crippen LogP contribution in [0.5, 0.6) is 11.5 Å². The topological polar surface area (TPSA) is 80.9 Å². The molecular formula is C20H24N4O4. The molecule has 3 heterocycles. The van der Waals surface area contributed by atoms with E-state index in [-0.39, 0.29) is 12.7 Å². The smallest absolute Gasteiger partial charge is 0.247 e. The van der Waals surface area contributed by atoms with E-state index in [2.05, 4.69) is 15.1 Å². The lowest BCUT2D eigenvalue weighted by Gasteiger charge is -2.34. The minimum atomic E-state index is 0.161. The van der Waals surface area contributed by atoms with Gasteiger partial charge in [-0.1, -0.05) is 0 Å². The molecule has 2 aromatic rings. The normalized spacial score (nSPS) is 19.2. The second-order valence-corrected chi connectivity index (χ2v) is 7.69. The highest BCUT2D eigenvalue weighted by Crippen LogP contribution is 2.35. The first-order valence-corrected chi connectivity index (χ1v) is 9.97. The van der Waals surface area contributed by atoms with Crippen molar-refractivity contribution in [2.24, 2.45) is 5.92 Å². The summed E-state index contributed by atoms with van der Waals surface area (Å²) in [4.78, 5) is 16.9. The fourth-order valence-corrected chi connectivity index (χ4v) is 3.72. The zero-order chi connectivity index (χ0) is 18.9. The van der Waals surface area contributed by atoms with Crippen LogP contribution in [0.4, 0.5) is 0 Å². The number of hydrogen-bond donors (Lipinski definition) is 0. The molecule has 0 atom stereocenters. The lowest BCUT2D eigenvalue weighted by Crippen LogP contribution is -2.49. The largest absolute Gasteiger partial charge is 0.454 e. The maximum absolute atomic E-state index is 12.5. The summed E-state index contributed by atoms with van der Waals surface area (Å²) in [6, 6.07) is 5.51. The van der Waals surface area contributed by atoms with Gasteiger partial charge in [-0.05, 0) is 37.0 Å². The molecule has 1 amide bonds. The van der Waals surface area contributed by atoms with Gasteiger partial charge in [0.05, 0.1) is 0 Å². The second-order valence-electron chi connectivity index (χ2n) is 7.69. The van der Waals surface area contributed by atoms with Crippen molar-refractivity contribution >= 4 is 5.91 Å². The molecule has 8 nitrogen and oxygen atoms in total. The van der Waals surface area contributed by atoms with Crippen LogP contribution in [-0.2, 0) is 11.2 Å². The molecule has 1 saturated heterocycles. The molecule has 28 heavy (non-hydrogen) atoms. The molecule has 8 heteroatoms. The summed E-state index contributed by atoms with van der Waals surface area (Å²) in [5.41, 5.74) is 0.779. The number of amides is 1. The highest BCUT2D eigenvalue weighted by Gasteiger charge is 2.27. The number of piperazine rings is 1. The maximum Gasteiger partial charge on any atom is 0.247 e. The first-order chi connectivity index (χ1) is 13.7. The lowest BCUT2D eigenvalue weighted by atomic mass is 10.2. The number of aryl methyl sites for hydroxylation is 1. The standard InChI is InChI=1S/C20H24N4O4/c25-19(24-9-7-23(8-10-24)12-14-1-2-14)6-5-18-21-22-20(28-18)15-3-4-16-17(11-15)27-13-26-16/h3-4,11,14H,1-2,5-10,12-13H2. The third-order valence-electron chi connectivity index (χ3n) is 5.58. The Bertz CT molecular complexity index is 856. The van der Waals surface area contributed by atoms with Crippen molar-refractivity contribution in [1.82, 2.24) is 20.0 Å². The van der Waals surface area contributed by atoms with Crippen LogP contribution < -0.4 is 9.47 Å². The van der Waals surface area contributed by atoms with E-state index in [1.165, 1.54) is 19.4 Å². The number of carbonyl (C=O) groups excluding carboxylic acids is 1. The van der Waals surface area contributed by atoms with Crippen molar-refractivity contribution < 1.29 is 18.7 Å². The molecule has 5 rings (SSSR count). The molecule has 2 aliphatic heterocycles. The highest BCUT2D eigenvalue weighted by atomic mass is 16.7. The molecule has 148 valence electrons. The molecule has 2 fully saturated rings. The molecule has 0 N–H and O–H groups in total. The summed E-state index contributed by atoms with van der Waals surface area (Å²) in [6.07, 6.45) is 3.60. The maximum atomic E-state index is 12.5. The number of nitrogens with zero attached hydrogens (tertiary/aromatic N) is 4. The Balaban J connectivity index is 1.13. The molecule has 3 aliphatic rings. The van der Waals surface area contributed by atoms with Crippen LogP contribution in [0.3, 0.4) is 0 Å². The van der Waals surface area contributed by atoms with Gasteiger partial charge in [0, 0.05) is 51.1 Å². The number of rotatable bonds is 6. The van der Waals surface area contributed by atoms with Crippen LogP contribution in [0.1, 0.15) is 25.2 Å². The quantitative estimate of drug-likeness (QED) is 0.753. The molecular weight excluding hydrogens is 360 g/mol. The molecule has 0 spiro atoms. The van der Waals surface area contributed by atoms with Crippen LogP contribution in [0.25, 0.3) is 11.5 Å². The Labute approximate surface area is 163 Å². The lowest BCUT2D eigenvalue weighted by molar-refractivity contribution is -0.133. The number of hydrogen-bond acceptors (Lipinski definition) is 7. The third-order valence-corrected chi connectivity index (χ3v) is 5.58. The van der Waals surface area contributed by atoms with Gasteiger partial charge in [-0.15, -0.1) is 10.2 Å². The monoisotopic (exact) mass is 384 g/mol. The van der Waals surface area contributed by atoms with E-state index in [9.17, 15) is 4.79 Å². The van der Waals surface area contributed by atoms with E-state index in [1.54, 1.807) is 0 Å². The van der Waals surface area contributed by atoms with Gasteiger partial charge >= 0.3 is 0 Å². The average molecular weight is 384 g/mol. The summed E-state index contributed by atoms with van der Waals surface area (Å²) in [5, 5.41) is 8.19. The van der Waals surface area contributed by atoms with Crippen LogP contribution in [0, 0.1) is 5.92 Å². The van der Waals surface area contributed by atoms with Crippen LogP contribution in [0.15, 0.2) is 22.6 Å². The number of carbonyl (C=O) groups is 1. The average Bonchev–Trinajstić information content (AvgIpc) is 3.21. The first-order valence-electron chi connectivity index (χ1n) is 9.97. The zero-order valence-corrected chi connectivity index (χ0v) is 15.8. The van der Waals surface area contributed by atoms with Gasteiger partial charge in [0.25, 0.3) is 0 Å². The molecule has 0 radical (unpaired) electrons. The number of benzene rings is 1. The zero-order valence-electron chi connectivity index (χ0n) is 15.8. The van der Waals surface area contributed by atoms with Crippen LogP contribution in [0.2, 0.25) is 0 Å². The minimum Gasteiger partial charge on any atom is -0.454 e.